The molecule has 2 heterocycles. The van der Waals surface area contributed by atoms with Gasteiger partial charge in [-0.05, 0) is 48.4 Å². The summed E-state index contributed by atoms with van der Waals surface area (Å²) in [4.78, 5) is 27.1. The van der Waals surface area contributed by atoms with Crippen LogP contribution < -0.4 is 19.7 Å². The molecule has 0 spiro atoms. The van der Waals surface area contributed by atoms with Gasteiger partial charge in [-0.2, -0.15) is 0 Å². The minimum Gasteiger partial charge on any atom is -0.497 e. The molecule has 0 fully saturated rings. The molecule has 1 aromatic heterocycles. The average molecular weight is 392 g/mol. The lowest BCUT2D eigenvalue weighted by atomic mass is 10.1. The summed E-state index contributed by atoms with van der Waals surface area (Å²) in [6, 6.07) is 13.9. The van der Waals surface area contributed by atoms with Gasteiger partial charge in [0.15, 0.2) is 5.76 Å². The normalized spacial score (nSPS) is 12.4. The highest BCUT2D eigenvalue weighted by molar-refractivity contribution is 6.07. The number of benzene rings is 2. The second-order valence-electron chi connectivity index (χ2n) is 6.58. The number of ether oxygens (including phenoxy) is 2. The summed E-state index contributed by atoms with van der Waals surface area (Å²) in [5.41, 5.74) is 2.82. The summed E-state index contributed by atoms with van der Waals surface area (Å²) < 4.78 is 15.7. The highest BCUT2D eigenvalue weighted by Gasteiger charge is 2.27. The molecule has 0 unspecified atom stereocenters. The van der Waals surface area contributed by atoms with Crippen LogP contribution in [0, 0.1) is 0 Å². The number of methoxy groups -OCH3 is 2. The number of nitrogens with zero attached hydrogens (tertiary/aromatic N) is 1. The first-order chi connectivity index (χ1) is 14.1. The maximum Gasteiger partial charge on any atom is 0.293 e. The standard InChI is InChI=1S/C22H20N2O5/c1-27-17-10-15(11-18(13-17)28-2)21(25)23-16-6-5-14-7-8-24(19(14)12-16)22(26)20-4-3-9-29-20/h3-6,9-13H,7-8H2,1-2H3,(H,23,25). The van der Waals surface area contributed by atoms with Crippen molar-refractivity contribution in [3.63, 3.8) is 0 Å². The molecule has 29 heavy (non-hydrogen) atoms. The second kappa shape index (κ2) is 7.71. The lowest BCUT2D eigenvalue weighted by molar-refractivity contribution is 0.0962. The maximum absolute atomic E-state index is 12.7. The number of amides is 2. The zero-order valence-electron chi connectivity index (χ0n) is 16.1. The van der Waals surface area contributed by atoms with E-state index in [1.54, 1.807) is 41.3 Å². The summed E-state index contributed by atoms with van der Waals surface area (Å²) in [5, 5.41) is 2.87. The quantitative estimate of drug-likeness (QED) is 0.715. The Hall–Kier alpha value is -3.74. The van der Waals surface area contributed by atoms with Crippen molar-refractivity contribution >= 4 is 23.2 Å². The first kappa shape index (κ1) is 18.6. The first-order valence-electron chi connectivity index (χ1n) is 9.12. The molecule has 0 radical (unpaired) electrons. The van der Waals surface area contributed by atoms with Gasteiger partial charge in [0, 0.05) is 29.5 Å². The SMILES string of the molecule is COc1cc(OC)cc(C(=O)Nc2ccc3c(c2)N(C(=O)c2ccco2)CC3)c1. The number of hydrogen-bond acceptors (Lipinski definition) is 5. The van der Waals surface area contributed by atoms with Gasteiger partial charge in [0.2, 0.25) is 0 Å². The Balaban J connectivity index is 1.57. The van der Waals surface area contributed by atoms with Crippen molar-refractivity contribution in [2.24, 2.45) is 0 Å². The first-order valence-corrected chi connectivity index (χ1v) is 9.12. The van der Waals surface area contributed by atoms with E-state index in [1.165, 1.54) is 20.5 Å². The Labute approximate surface area is 167 Å². The third-order valence-corrected chi connectivity index (χ3v) is 4.83. The van der Waals surface area contributed by atoms with Gasteiger partial charge in [-0.15, -0.1) is 0 Å². The number of fused-ring (bicyclic) bond motifs is 1. The number of hydrogen-bond donors (Lipinski definition) is 1. The van der Waals surface area contributed by atoms with Crippen molar-refractivity contribution in [2.75, 3.05) is 31.0 Å². The number of anilines is 2. The van der Waals surface area contributed by atoms with E-state index in [-0.39, 0.29) is 17.6 Å². The molecule has 7 nitrogen and oxygen atoms in total. The summed E-state index contributed by atoms with van der Waals surface area (Å²) in [7, 11) is 3.06. The topological polar surface area (TPSA) is 81.0 Å². The van der Waals surface area contributed by atoms with E-state index in [2.05, 4.69) is 5.32 Å². The van der Waals surface area contributed by atoms with E-state index in [1.807, 2.05) is 12.1 Å². The van der Waals surface area contributed by atoms with Gasteiger partial charge in [0.25, 0.3) is 11.8 Å². The molecule has 4 rings (SSSR count). The molecule has 148 valence electrons. The van der Waals surface area contributed by atoms with Gasteiger partial charge in [-0.25, -0.2) is 0 Å². The average Bonchev–Trinajstić information content (AvgIpc) is 3.42. The molecule has 3 aromatic rings. The van der Waals surface area contributed by atoms with Gasteiger partial charge in [-0.3, -0.25) is 9.59 Å². The Morgan fingerprint density at radius 3 is 2.45 bits per heavy atom. The van der Waals surface area contributed by atoms with Crippen LogP contribution in [-0.4, -0.2) is 32.6 Å². The largest absolute Gasteiger partial charge is 0.497 e. The van der Waals surface area contributed by atoms with Crippen molar-refractivity contribution < 1.29 is 23.5 Å². The van der Waals surface area contributed by atoms with E-state index in [0.29, 0.717) is 29.3 Å². The van der Waals surface area contributed by atoms with Crippen LogP contribution in [0.5, 0.6) is 11.5 Å². The predicted molar refractivity (Wildman–Crippen MR) is 108 cm³/mol. The fraction of sp³-hybridized carbons (Fsp3) is 0.182. The minimum absolute atomic E-state index is 0.199. The molecule has 0 bridgehead atoms. The predicted octanol–water partition coefficient (Wildman–Crippen LogP) is 3.75. The van der Waals surface area contributed by atoms with Crippen molar-refractivity contribution in [1.82, 2.24) is 0 Å². The molecule has 0 saturated heterocycles. The highest BCUT2D eigenvalue weighted by atomic mass is 16.5. The summed E-state index contributed by atoms with van der Waals surface area (Å²) in [5.74, 6) is 0.840. The Morgan fingerprint density at radius 1 is 1.03 bits per heavy atom. The molecule has 0 aliphatic carbocycles. The fourth-order valence-electron chi connectivity index (χ4n) is 3.34. The molecule has 2 aromatic carbocycles. The minimum atomic E-state index is -0.302. The highest BCUT2D eigenvalue weighted by Crippen LogP contribution is 2.32. The number of furan rings is 1. The number of nitrogens with one attached hydrogen (secondary N) is 1. The lowest BCUT2D eigenvalue weighted by Gasteiger charge is -2.17. The molecule has 0 atom stereocenters. The van der Waals surface area contributed by atoms with E-state index in [9.17, 15) is 9.59 Å². The Kier molecular flexibility index (Phi) is 4.95. The zero-order chi connectivity index (χ0) is 20.4. The van der Waals surface area contributed by atoms with Crippen molar-refractivity contribution in [3.8, 4) is 11.5 Å². The van der Waals surface area contributed by atoms with Crippen LogP contribution in [0.3, 0.4) is 0 Å². The third kappa shape index (κ3) is 3.67. The molecule has 1 N–H and O–H groups in total. The lowest BCUT2D eigenvalue weighted by Crippen LogP contribution is -2.28. The molecule has 2 amide bonds. The van der Waals surface area contributed by atoms with Crippen LogP contribution in [0.25, 0.3) is 0 Å². The van der Waals surface area contributed by atoms with Gasteiger partial charge in [-0.1, -0.05) is 6.07 Å². The van der Waals surface area contributed by atoms with Gasteiger partial charge >= 0.3 is 0 Å². The van der Waals surface area contributed by atoms with Gasteiger partial charge in [0.05, 0.1) is 20.5 Å². The van der Waals surface area contributed by atoms with Crippen molar-refractivity contribution in [3.05, 3.63) is 71.7 Å². The molecule has 0 saturated carbocycles. The molecule has 1 aliphatic rings. The molecular weight excluding hydrogens is 372 g/mol. The van der Waals surface area contributed by atoms with E-state index in [0.717, 1.165) is 17.7 Å². The smallest absolute Gasteiger partial charge is 0.293 e. The third-order valence-electron chi connectivity index (χ3n) is 4.83. The Morgan fingerprint density at radius 2 is 1.79 bits per heavy atom. The zero-order valence-corrected chi connectivity index (χ0v) is 16.1. The van der Waals surface area contributed by atoms with Crippen LogP contribution in [0.15, 0.2) is 59.2 Å². The molecule has 1 aliphatic heterocycles. The number of rotatable bonds is 5. The monoisotopic (exact) mass is 392 g/mol. The summed E-state index contributed by atoms with van der Waals surface area (Å²) >= 11 is 0. The van der Waals surface area contributed by atoms with Gasteiger partial charge < -0.3 is 24.1 Å². The van der Waals surface area contributed by atoms with Crippen LogP contribution >= 0.6 is 0 Å². The number of carbonyl (C=O) groups is 2. The van der Waals surface area contributed by atoms with E-state index in [4.69, 9.17) is 13.9 Å². The van der Waals surface area contributed by atoms with E-state index < -0.39 is 0 Å². The summed E-state index contributed by atoms with van der Waals surface area (Å²) in [6.07, 6.45) is 2.23. The van der Waals surface area contributed by atoms with E-state index >= 15 is 0 Å². The van der Waals surface area contributed by atoms with Crippen LogP contribution in [0.1, 0.15) is 26.5 Å². The van der Waals surface area contributed by atoms with Crippen LogP contribution in [-0.2, 0) is 6.42 Å². The number of carbonyl (C=O) groups excluding carboxylic acids is 2. The molecular formula is C22H20N2O5. The van der Waals surface area contributed by atoms with Crippen molar-refractivity contribution in [1.29, 1.82) is 0 Å². The molecule has 7 heteroatoms. The van der Waals surface area contributed by atoms with Gasteiger partial charge in [0.1, 0.15) is 11.5 Å². The second-order valence-corrected chi connectivity index (χ2v) is 6.58. The Bertz CT molecular complexity index is 1040. The van der Waals surface area contributed by atoms with Crippen LogP contribution in [0.2, 0.25) is 0 Å². The fourth-order valence-corrected chi connectivity index (χ4v) is 3.34. The maximum atomic E-state index is 12.7. The van der Waals surface area contributed by atoms with Crippen LogP contribution in [0.4, 0.5) is 11.4 Å². The summed E-state index contributed by atoms with van der Waals surface area (Å²) in [6.45, 7) is 0.569. The van der Waals surface area contributed by atoms with Crippen molar-refractivity contribution in [2.45, 2.75) is 6.42 Å².